The lowest BCUT2D eigenvalue weighted by atomic mass is 10.1. The van der Waals surface area contributed by atoms with Gasteiger partial charge in [0.15, 0.2) is 11.5 Å². The molecule has 7 heteroatoms. The smallest absolute Gasteiger partial charge is 0.180 e. The summed E-state index contributed by atoms with van der Waals surface area (Å²) < 4.78 is 2.59. The van der Waals surface area contributed by atoms with Crippen LogP contribution >= 0.6 is 15.9 Å². The lowest BCUT2D eigenvalue weighted by molar-refractivity contribution is 0.0459. The van der Waals surface area contributed by atoms with Crippen LogP contribution in [-0.4, -0.2) is 57.2 Å². The van der Waals surface area contributed by atoms with Crippen LogP contribution in [0.2, 0.25) is 0 Å². The minimum absolute atomic E-state index is 0.400. The molecule has 0 amide bonds. The summed E-state index contributed by atoms with van der Waals surface area (Å²) in [6, 6.07) is 0. The lowest BCUT2D eigenvalue weighted by Gasteiger charge is -2.27. The summed E-state index contributed by atoms with van der Waals surface area (Å²) in [5.41, 5.74) is -0.0966. The number of rotatable bonds is 5. The van der Waals surface area contributed by atoms with E-state index in [0.29, 0.717) is 23.5 Å². The Labute approximate surface area is 120 Å². The van der Waals surface area contributed by atoms with E-state index < -0.39 is 5.60 Å². The molecule has 0 aliphatic carbocycles. The molecule has 0 aliphatic rings. The molecule has 2 aromatic heterocycles. The number of likely N-dealkylation sites (N-methyl/N-ethyl adjacent to an activating group) is 1. The van der Waals surface area contributed by atoms with Crippen LogP contribution in [0.4, 0.5) is 5.82 Å². The summed E-state index contributed by atoms with van der Waals surface area (Å²) in [6.07, 6.45) is 5.41. The van der Waals surface area contributed by atoms with Crippen LogP contribution in [0.15, 0.2) is 23.2 Å². The van der Waals surface area contributed by atoms with Crippen molar-refractivity contribution < 1.29 is 5.11 Å². The van der Waals surface area contributed by atoms with Gasteiger partial charge in [-0.2, -0.15) is 0 Å². The Morgan fingerprint density at radius 3 is 2.95 bits per heavy atom. The second kappa shape index (κ2) is 5.44. The van der Waals surface area contributed by atoms with Gasteiger partial charge in [0, 0.05) is 31.7 Å². The molecule has 0 aliphatic heterocycles. The van der Waals surface area contributed by atoms with Gasteiger partial charge in [-0.25, -0.2) is 9.97 Å². The third-order valence-electron chi connectivity index (χ3n) is 2.64. The maximum atomic E-state index is 10.3. The first-order valence-electron chi connectivity index (χ1n) is 5.97. The van der Waals surface area contributed by atoms with Crippen LogP contribution < -0.4 is 5.32 Å². The molecule has 0 spiro atoms. The number of hydrogen-bond donors (Lipinski definition) is 2. The highest BCUT2D eigenvalue weighted by atomic mass is 79.9. The average molecular weight is 328 g/mol. The van der Waals surface area contributed by atoms with Crippen LogP contribution in [0.5, 0.6) is 0 Å². The molecule has 0 bridgehead atoms. The highest BCUT2D eigenvalue weighted by Gasteiger charge is 2.21. The number of imidazole rings is 1. The van der Waals surface area contributed by atoms with Gasteiger partial charge in [-0.3, -0.25) is 0 Å². The summed E-state index contributed by atoms with van der Waals surface area (Å²) in [5.74, 6) is 0.651. The van der Waals surface area contributed by atoms with Gasteiger partial charge in [0.05, 0.1) is 5.60 Å². The third kappa shape index (κ3) is 3.65. The van der Waals surface area contributed by atoms with E-state index in [1.54, 1.807) is 13.1 Å². The summed E-state index contributed by atoms with van der Waals surface area (Å²) >= 11 is 3.36. The van der Waals surface area contributed by atoms with E-state index in [4.69, 9.17) is 0 Å². The summed E-state index contributed by atoms with van der Waals surface area (Å²) in [4.78, 5) is 10.5. The number of halogens is 1. The standard InChI is InChI=1S/C12H18BrN5O/c1-12(19,8-17(2)3)7-15-10-11-14-4-5-18(11)6-9(13)16-10/h4-6,19H,7-8H2,1-3H3,(H,15,16). The van der Waals surface area contributed by atoms with Crippen LogP contribution in [0.1, 0.15) is 6.92 Å². The van der Waals surface area contributed by atoms with Gasteiger partial charge in [-0.05, 0) is 36.9 Å². The van der Waals surface area contributed by atoms with Crippen molar-refractivity contribution in [3.05, 3.63) is 23.2 Å². The molecule has 0 radical (unpaired) electrons. The number of aliphatic hydroxyl groups is 1. The predicted octanol–water partition coefficient (Wildman–Crippen LogP) is 1.22. The topological polar surface area (TPSA) is 65.7 Å². The molecule has 6 nitrogen and oxygen atoms in total. The van der Waals surface area contributed by atoms with Crippen molar-refractivity contribution in [1.82, 2.24) is 19.3 Å². The maximum absolute atomic E-state index is 10.3. The minimum atomic E-state index is -0.836. The van der Waals surface area contributed by atoms with E-state index in [1.165, 1.54) is 0 Å². The molecular weight excluding hydrogens is 310 g/mol. The second-order valence-electron chi connectivity index (χ2n) is 5.16. The largest absolute Gasteiger partial charge is 0.387 e. The Kier molecular flexibility index (Phi) is 4.07. The molecule has 0 saturated carbocycles. The molecule has 0 fully saturated rings. The molecule has 0 saturated heterocycles. The fourth-order valence-corrected chi connectivity index (χ4v) is 2.43. The predicted molar refractivity (Wildman–Crippen MR) is 78.4 cm³/mol. The number of anilines is 1. The molecule has 2 aromatic rings. The number of hydrogen-bond acceptors (Lipinski definition) is 5. The second-order valence-corrected chi connectivity index (χ2v) is 5.97. The van der Waals surface area contributed by atoms with Crippen molar-refractivity contribution >= 4 is 27.4 Å². The molecule has 2 N–H and O–H groups in total. The molecule has 2 heterocycles. The number of aromatic nitrogens is 3. The summed E-state index contributed by atoms with van der Waals surface area (Å²) in [7, 11) is 3.86. The normalized spacial score (nSPS) is 14.8. The maximum Gasteiger partial charge on any atom is 0.180 e. The van der Waals surface area contributed by atoms with Crippen molar-refractivity contribution in [2.24, 2.45) is 0 Å². The fourth-order valence-electron chi connectivity index (χ4n) is 2.03. The van der Waals surface area contributed by atoms with E-state index >= 15 is 0 Å². The van der Waals surface area contributed by atoms with E-state index in [1.807, 2.05) is 35.8 Å². The van der Waals surface area contributed by atoms with Crippen molar-refractivity contribution in [2.75, 3.05) is 32.5 Å². The van der Waals surface area contributed by atoms with Gasteiger partial charge in [0.1, 0.15) is 4.60 Å². The Hall–Kier alpha value is -1.18. The zero-order valence-corrected chi connectivity index (χ0v) is 12.8. The zero-order chi connectivity index (χ0) is 14.0. The molecular formula is C12H18BrN5O. The van der Waals surface area contributed by atoms with Gasteiger partial charge in [-0.1, -0.05) is 0 Å². The van der Waals surface area contributed by atoms with Crippen molar-refractivity contribution in [3.8, 4) is 0 Å². The molecule has 2 rings (SSSR count). The van der Waals surface area contributed by atoms with E-state index in [0.717, 1.165) is 5.65 Å². The van der Waals surface area contributed by atoms with Crippen molar-refractivity contribution in [3.63, 3.8) is 0 Å². The highest BCUT2D eigenvalue weighted by molar-refractivity contribution is 9.10. The Balaban J connectivity index is 2.15. The van der Waals surface area contributed by atoms with Gasteiger partial charge in [0.25, 0.3) is 0 Å². The van der Waals surface area contributed by atoms with Crippen molar-refractivity contribution in [1.29, 1.82) is 0 Å². The van der Waals surface area contributed by atoms with Crippen molar-refractivity contribution in [2.45, 2.75) is 12.5 Å². The van der Waals surface area contributed by atoms with Gasteiger partial charge in [0.2, 0.25) is 0 Å². The van der Waals surface area contributed by atoms with Crippen LogP contribution in [0.3, 0.4) is 0 Å². The first-order chi connectivity index (χ1) is 8.87. The Morgan fingerprint density at radius 2 is 2.26 bits per heavy atom. The number of nitrogens with one attached hydrogen (secondary N) is 1. The van der Waals surface area contributed by atoms with Crippen LogP contribution in [-0.2, 0) is 0 Å². The quantitative estimate of drug-likeness (QED) is 0.864. The summed E-state index contributed by atoms with van der Waals surface area (Å²) in [6.45, 7) is 2.76. The first-order valence-corrected chi connectivity index (χ1v) is 6.77. The third-order valence-corrected chi connectivity index (χ3v) is 3.02. The zero-order valence-electron chi connectivity index (χ0n) is 11.3. The monoisotopic (exact) mass is 327 g/mol. The highest BCUT2D eigenvalue weighted by Crippen LogP contribution is 2.17. The Morgan fingerprint density at radius 1 is 1.53 bits per heavy atom. The van der Waals surface area contributed by atoms with E-state index in [2.05, 4.69) is 31.2 Å². The Bertz CT molecular complexity index is 566. The molecule has 0 aromatic carbocycles. The van der Waals surface area contributed by atoms with Gasteiger partial charge in [-0.15, -0.1) is 0 Å². The number of nitrogens with zero attached hydrogens (tertiary/aromatic N) is 4. The van der Waals surface area contributed by atoms with Crippen LogP contribution in [0.25, 0.3) is 5.65 Å². The first kappa shape index (κ1) is 14.2. The molecule has 19 heavy (non-hydrogen) atoms. The van der Waals surface area contributed by atoms with Gasteiger partial charge < -0.3 is 19.7 Å². The SMILES string of the molecule is CN(C)CC(C)(O)CNc1nc(Br)cn2ccnc12. The summed E-state index contributed by atoms with van der Waals surface area (Å²) in [5, 5.41) is 13.4. The lowest BCUT2D eigenvalue weighted by Crippen LogP contribution is -2.43. The average Bonchev–Trinajstić information content (AvgIpc) is 2.71. The fraction of sp³-hybridized carbons (Fsp3) is 0.500. The van der Waals surface area contributed by atoms with E-state index in [-0.39, 0.29) is 0 Å². The molecule has 104 valence electrons. The van der Waals surface area contributed by atoms with E-state index in [9.17, 15) is 5.11 Å². The molecule has 1 unspecified atom stereocenters. The molecule has 1 atom stereocenters. The van der Waals surface area contributed by atoms with Gasteiger partial charge >= 0.3 is 0 Å². The van der Waals surface area contributed by atoms with Crippen LogP contribution in [0, 0.1) is 0 Å². The minimum Gasteiger partial charge on any atom is -0.387 e. The number of fused-ring (bicyclic) bond motifs is 1.